The number of likely N-dealkylation sites (tertiary alicyclic amines) is 1. The number of aryl methyl sites for hydroxylation is 1. The molecule has 0 radical (unpaired) electrons. The topological polar surface area (TPSA) is 68.3 Å². The van der Waals surface area contributed by atoms with Crippen LogP contribution in [0.4, 0.5) is 26.7 Å². The minimum atomic E-state index is -4.95. The summed E-state index contributed by atoms with van der Waals surface area (Å²) in [6, 6.07) is 7.08. The Morgan fingerprint density at radius 2 is 1.66 bits per heavy atom. The van der Waals surface area contributed by atoms with Gasteiger partial charge in [0.05, 0.1) is 18.6 Å². The lowest BCUT2D eigenvalue weighted by Gasteiger charge is -2.34. The third kappa shape index (κ3) is 8.36. The van der Waals surface area contributed by atoms with Crippen molar-refractivity contribution >= 4 is 12.0 Å². The van der Waals surface area contributed by atoms with Crippen molar-refractivity contribution in [1.82, 2.24) is 9.80 Å². The maximum absolute atomic E-state index is 15.3. The average molecular weight is 669 g/mol. The molecule has 0 aromatic heterocycles. The molecule has 7 nitrogen and oxygen atoms in total. The Morgan fingerprint density at radius 3 is 2.21 bits per heavy atom. The van der Waals surface area contributed by atoms with Gasteiger partial charge in [-0.25, -0.2) is 13.6 Å². The summed E-state index contributed by atoms with van der Waals surface area (Å²) < 4.78 is 92.1. The van der Waals surface area contributed by atoms with E-state index in [9.17, 15) is 18.4 Å². The van der Waals surface area contributed by atoms with Gasteiger partial charge in [0.15, 0.2) is 0 Å². The smallest absolute Gasteiger partial charge is 0.430 e. The molecule has 0 aliphatic carbocycles. The highest BCUT2D eigenvalue weighted by atomic mass is 19.4. The first-order valence-corrected chi connectivity index (χ1v) is 15.9. The van der Waals surface area contributed by atoms with E-state index in [2.05, 4.69) is 13.8 Å². The molecule has 0 saturated carbocycles. The molecule has 2 aliphatic rings. The predicted octanol–water partition coefficient (Wildman–Crippen LogP) is 7.84. The highest BCUT2D eigenvalue weighted by molar-refractivity contribution is 5.75. The van der Waals surface area contributed by atoms with Crippen LogP contribution in [0.5, 0.6) is 5.75 Å². The van der Waals surface area contributed by atoms with E-state index in [1.165, 1.54) is 17.9 Å². The number of alkyl halides is 3. The molecule has 4 rings (SSSR count). The van der Waals surface area contributed by atoms with E-state index < -0.39 is 77.9 Å². The minimum Gasteiger partial charge on any atom is -0.476 e. The van der Waals surface area contributed by atoms with Gasteiger partial charge in [-0.2, -0.15) is 13.2 Å². The molecule has 2 fully saturated rings. The van der Waals surface area contributed by atoms with Crippen molar-refractivity contribution in [3.05, 3.63) is 65.2 Å². The number of hydrogen-bond acceptors (Lipinski definition) is 5. The van der Waals surface area contributed by atoms with Gasteiger partial charge >= 0.3 is 12.3 Å². The highest BCUT2D eigenvalue weighted by Gasteiger charge is 2.67. The zero-order valence-corrected chi connectivity index (χ0v) is 28.2. The number of benzene rings is 2. The van der Waals surface area contributed by atoms with Crippen LogP contribution in [-0.4, -0.2) is 69.6 Å². The number of rotatable bonds is 8. The molecule has 260 valence electrons. The first-order valence-electron chi connectivity index (χ1n) is 15.9. The first-order chi connectivity index (χ1) is 21.6. The molecule has 2 aromatic carbocycles. The van der Waals surface area contributed by atoms with Crippen LogP contribution in [0.25, 0.3) is 0 Å². The summed E-state index contributed by atoms with van der Waals surface area (Å²) in [6.07, 6.45) is -6.59. The van der Waals surface area contributed by atoms with E-state index in [1.54, 1.807) is 46.8 Å². The van der Waals surface area contributed by atoms with E-state index in [1.807, 2.05) is 6.07 Å². The summed E-state index contributed by atoms with van der Waals surface area (Å²) in [6.45, 7) is 12.4. The number of amides is 2. The molecule has 2 amide bonds. The fourth-order valence-electron chi connectivity index (χ4n) is 6.64. The van der Waals surface area contributed by atoms with Crippen molar-refractivity contribution in [1.29, 1.82) is 0 Å². The molecule has 0 N–H and O–H groups in total. The van der Waals surface area contributed by atoms with Crippen molar-refractivity contribution in [2.24, 2.45) is 5.92 Å². The van der Waals surface area contributed by atoms with Gasteiger partial charge in [0.25, 0.3) is 0 Å². The van der Waals surface area contributed by atoms with Gasteiger partial charge in [0, 0.05) is 19.4 Å². The van der Waals surface area contributed by atoms with Crippen LogP contribution in [-0.2, 0) is 27.1 Å². The van der Waals surface area contributed by atoms with Crippen molar-refractivity contribution in [3.8, 4) is 5.75 Å². The summed E-state index contributed by atoms with van der Waals surface area (Å²) in [7, 11) is 0. The number of carbonyl (C=O) groups is 2. The monoisotopic (exact) mass is 668 g/mol. The van der Waals surface area contributed by atoms with Gasteiger partial charge in [-0.05, 0) is 95.2 Å². The Bertz CT molecular complexity index is 1440. The fraction of sp³-hybridized carbons (Fsp3) is 0.600. The van der Waals surface area contributed by atoms with Gasteiger partial charge < -0.3 is 19.1 Å². The Kier molecular flexibility index (Phi) is 10.3. The van der Waals surface area contributed by atoms with Crippen LogP contribution in [0.2, 0.25) is 0 Å². The van der Waals surface area contributed by atoms with Crippen LogP contribution in [0.3, 0.4) is 0 Å². The summed E-state index contributed by atoms with van der Waals surface area (Å²) in [4.78, 5) is 29.0. The van der Waals surface area contributed by atoms with E-state index in [4.69, 9.17) is 14.2 Å². The molecule has 4 unspecified atom stereocenters. The van der Waals surface area contributed by atoms with Gasteiger partial charge in [-0.1, -0.05) is 26.0 Å². The van der Waals surface area contributed by atoms with Crippen LogP contribution in [0, 0.1) is 17.6 Å². The number of hydrogen-bond donors (Lipinski definition) is 0. The molecule has 4 atom stereocenters. The fourth-order valence-corrected chi connectivity index (χ4v) is 6.64. The average Bonchev–Trinajstić information content (AvgIpc) is 3.41. The van der Waals surface area contributed by atoms with Gasteiger partial charge in [0.1, 0.15) is 34.8 Å². The van der Waals surface area contributed by atoms with E-state index in [0.717, 1.165) is 29.0 Å². The second-order valence-corrected chi connectivity index (χ2v) is 14.5. The quantitative estimate of drug-likeness (QED) is 0.268. The SMILES string of the molecule is CC(=O)N1C(Cc2cc(F)cc(F)c2)C(C2CC(Oc3cccc(CCC(C)C)c3)(C(F)(F)F)CN2C(=O)OC(C)(C)C)OC1(C)C. The van der Waals surface area contributed by atoms with Crippen LogP contribution >= 0.6 is 0 Å². The predicted molar refractivity (Wildman–Crippen MR) is 166 cm³/mol. The van der Waals surface area contributed by atoms with Crippen LogP contribution in [0.1, 0.15) is 79.4 Å². The standard InChI is InChI=1S/C35H45F5N2O5/c1-21(2)12-13-23-10-9-11-27(16-23)45-34(35(38,39)40)19-29(41(20-34)31(44)47-32(4,5)6)30-28(42(22(3)43)33(7,8)46-30)17-24-14-25(36)18-26(37)15-24/h9-11,14-16,18,21,28-30H,12-13,17,19-20H2,1-8H3. The van der Waals surface area contributed by atoms with Crippen molar-refractivity contribution in [2.75, 3.05) is 6.54 Å². The molecular weight excluding hydrogens is 623 g/mol. The highest BCUT2D eigenvalue weighted by Crippen LogP contribution is 2.48. The Balaban J connectivity index is 1.80. The molecule has 12 heteroatoms. The Hall–Kier alpha value is -3.41. The lowest BCUT2D eigenvalue weighted by molar-refractivity contribution is -0.243. The van der Waals surface area contributed by atoms with E-state index in [-0.39, 0.29) is 17.7 Å². The van der Waals surface area contributed by atoms with E-state index in [0.29, 0.717) is 18.4 Å². The third-order valence-corrected chi connectivity index (χ3v) is 8.53. The zero-order valence-electron chi connectivity index (χ0n) is 28.2. The number of halogens is 5. The van der Waals surface area contributed by atoms with Crippen LogP contribution < -0.4 is 4.74 Å². The number of carbonyl (C=O) groups excluding carboxylic acids is 2. The Morgan fingerprint density at radius 1 is 1.02 bits per heavy atom. The third-order valence-electron chi connectivity index (χ3n) is 8.53. The molecule has 2 saturated heterocycles. The lowest BCUT2D eigenvalue weighted by atomic mass is 9.90. The second-order valence-electron chi connectivity index (χ2n) is 14.5. The lowest BCUT2D eigenvalue weighted by Crippen LogP contribution is -2.53. The number of ether oxygens (including phenoxy) is 3. The van der Waals surface area contributed by atoms with Crippen molar-refractivity contribution < 1.29 is 45.8 Å². The van der Waals surface area contributed by atoms with Crippen molar-refractivity contribution in [3.63, 3.8) is 0 Å². The van der Waals surface area contributed by atoms with Gasteiger partial charge in [0.2, 0.25) is 11.5 Å². The van der Waals surface area contributed by atoms with E-state index >= 15 is 13.2 Å². The summed E-state index contributed by atoms with van der Waals surface area (Å²) in [5, 5.41) is 0. The Labute approximate surface area is 273 Å². The molecule has 0 spiro atoms. The maximum atomic E-state index is 15.3. The summed E-state index contributed by atoms with van der Waals surface area (Å²) in [5.41, 5.74) is -4.26. The molecular formula is C35H45F5N2O5. The number of nitrogens with zero attached hydrogens (tertiary/aromatic N) is 2. The molecule has 2 heterocycles. The second kappa shape index (κ2) is 13.2. The summed E-state index contributed by atoms with van der Waals surface area (Å²) >= 11 is 0. The molecule has 2 aliphatic heterocycles. The largest absolute Gasteiger partial charge is 0.476 e. The van der Waals surface area contributed by atoms with Gasteiger partial charge in [-0.3, -0.25) is 9.69 Å². The minimum absolute atomic E-state index is 0.00168. The molecule has 0 bridgehead atoms. The summed E-state index contributed by atoms with van der Waals surface area (Å²) in [5.74, 6) is -1.77. The first kappa shape index (κ1) is 36.4. The maximum Gasteiger partial charge on any atom is 0.430 e. The van der Waals surface area contributed by atoms with Crippen LogP contribution in [0.15, 0.2) is 42.5 Å². The molecule has 2 aromatic rings. The van der Waals surface area contributed by atoms with Gasteiger partial charge in [-0.15, -0.1) is 0 Å². The molecule has 47 heavy (non-hydrogen) atoms. The van der Waals surface area contributed by atoms with Crippen molar-refractivity contribution in [2.45, 2.75) is 122 Å². The normalized spacial score (nSPS) is 24.6. The zero-order chi connectivity index (χ0) is 35.1.